The number of rotatable bonds is 1. The van der Waals surface area contributed by atoms with Gasteiger partial charge in [-0.25, -0.2) is 0 Å². The molecular formula is C12H13F3. The van der Waals surface area contributed by atoms with Gasteiger partial charge in [0.2, 0.25) is 0 Å². The molecule has 1 fully saturated rings. The standard InChI is InChI=1S/C12H13F3/c1-8-7-10(9-3-2-4-9)5-6-11(8)12(13,14)15/h5-7,9H,2-4H2,1H3. The maximum Gasteiger partial charge on any atom is 0.416 e. The van der Waals surface area contributed by atoms with Crippen LogP contribution in [0, 0.1) is 6.92 Å². The van der Waals surface area contributed by atoms with Crippen LogP contribution in [0.2, 0.25) is 0 Å². The van der Waals surface area contributed by atoms with Crippen molar-refractivity contribution in [1.82, 2.24) is 0 Å². The Kier molecular flexibility index (Phi) is 2.49. The SMILES string of the molecule is Cc1cc(C2CCC2)ccc1C(F)(F)F. The molecule has 1 aromatic carbocycles. The summed E-state index contributed by atoms with van der Waals surface area (Å²) in [7, 11) is 0. The Bertz CT molecular complexity index is 362. The summed E-state index contributed by atoms with van der Waals surface area (Å²) in [5.41, 5.74) is 0.893. The Morgan fingerprint density at radius 2 is 1.87 bits per heavy atom. The van der Waals surface area contributed by atoms with Crippen LogP contribution in [-0.2, 0) is 6.18 Å². The predicted molar refractivity (Wildman–Crippen MR) is 52.8 cm³/mol. The molecule has 1 aromatic rings. The number of hydrogen-bond acceptors (Lipinski definition) is 0. The van der Waals surface area contributed by atoms with Gasteiger partial charge in [0.05, 0.1) is 5.56 Å². The molecule has 0 N–H and O–H groups in total. The molecule has 0 amide bonds. The van der Waals surface area contributed by atoms with E-state index in [4.69, 9.17) is 0 Å². The number of hydrogen-bond donors (Lipinski definition) is 0. The van der Waals surface area contributed by atoms with Gasteiger partial charge in [0.15, 0.2) is 0 Å². The van der Waals surface area contributed by atoms with Crippen LogP contribution in [0.4, 0.5) is 13.2 Å². The van der Waals surface area contributed by atoms with Crippen LogP contribution in [-0.4, -0.2) is 0 Å². The molecule has 82 valence electrons. The van der Waals surface area contributed by atoms with E-state index >= 15 is 0 Å². The minimum atomic E-state index is -4.22. The Morgan fingerprint density at radius 3 is 2.27 bits per heavy atom. The number of alkyl halides is 3. The zero-order valence-electron chi connectivity index (χ0n) is 8.56. The summed E-state index contributed by atoms with van der Waals surface area (Å²) in [4.78, 5) is 0. The van der Waals surface area contributed by atoms with Crippen molar-refractivity contribution in [2.75, 3.05) is 0 Å². The van der Waals surface area contributed by atoms with Gasteiger partial charge in [0.1, 0.15) is 0 Å². The van der Waals surface area contributed by atoms with Crippen LogP contribution in [0.1, 0.15) is 41.9 Å². The fourth-order valence-electron chi connectivity index (χ4n) is 2.00. The predicted octanol–water partition coefficient (Wildman–Crippen LogP) is 4.28. The molecule has 1 aliphatic rings. The van der Waals surface area contributed by atoms with Gasteiger partial charge in [-0.15, -0.1) is 0 Å². The van der Waals surface area contributed by atoms with E-state index in [0.717, 1.165) is 18.4 Å². The first-order valence-corrected chi connectivity index (χ1v) is 5.16. The summed E-state index contributed by atoms with van der Waals surface area (Å²) in [6.07, 6.45) is -0.789. The lowest BCUT2D eigenvalue weighted by Crippen LogP contribution is -2.11. The maximum atomic E-state index is 12.5. The molecule has 0 bridgehead atoms. The molecule has 2 rings (SSSR count). The highest BCUT2D eigenvalue weighted by atomic mass is 19.4. The summed E-state index contributed by atoms with van der Waals surface area (Å²) < 4.78 is 37.4. The van der Waals surface area contributed by atoms with Gasteiger partial charge in [-0.1, -0.05) is 18.6 Å². The lowest BCUT2D eigenvalue weighted by atomic mass is 9.79. The van der Waals surface area contributed by atoms with E-state index in [1.54, 1.807) is 12.1 Å². The number of benzene rings is 1. The minimum absolute atomic E-state index is 0.340. The van der Waals surface area contributed by atoms with Crippen molar-refractivity contribution in [2.45, 2.75) is 38.3 Å². The van der Waals surface area contributed by atoms with E-state index in [9.17, 15) is 13.2 Å². The topological polar surface area (TPSA) is 0 Å². The van der Waals surface area contributed by atoms with E-state index in [-0.39, 0.29) is 0 Å². The van der Waals surface area contributed by atoms with Crippen LogP contribution in [0.15, 0.2) is 18.2 Å². The van der Waals surface area contributed by atoms with Gasteiger partial charge in [-0.3, -0.25) is 0 Å². The fourth-order valence-corrected chi connectivity index (χ4v) is 2.00. The third-order valence-electron chi connectivity index (χ3n) is 3.13. The molecule has 1 aliphatic carbocycles. The minimum Gasteiger partial charge on any atom is -0.166 e. The van der Waals surface area contributed by atoms with Crippen molar-refractivity contribution in [2.24, 2.45) is 0 Å². The molecule has 0 radical (unpaired) electrons. The molecule has 3 heteroatoms. The largest absolute Gasteiger partial charge is 0.416 e. The second-order valence-corrected chi connectivity index (χ2v) is 4.20. The highest BCUT2D eigenvalue weighted by Gasteiger charge is 2.32. The molecule has 0 unspecified atom stereocenters. The zero-order chi connectivity index (χ0) is 11.1. The molecule has 0 atom stereocenters. The first-order chi connectivity index (χ1) is 6.98. The molecule has 0 aliphatic heterocycles. The lowest BCUT2D eigenvalue weighted by Gasteiger charge is -2.26. The van der Waals surface area contributed by atoms with Crippen LogP contribution in [0.25, 0.3) is 0 Å². The molecule has 0 saturated heterocycles. The van der Waals surface area contributed by atoms with E-state index in [1.807, 2.05) is 0 Å². The van der Waals surface area contributed by atoms with Gasteiger partial charge in [-0.2, -0.15) is 13.2 Å². The molecule has 0 heterocycles. The summed E-state index contributed by atoms with van der Waals surface area (Å²) in [5, 5.41) is 0. The van der Waals surface area contributed by atoms with Crippen molar-refractivity contribution in [1.29, 1.82) is 0 Å². The molecule has 1 saturated carbocycles. The zero-order valence-corrected chi connectivity index (χ0v) is 8.56. The van der Waals surface area contributed by atoms with E-state index in [0.29, 0.717) is 11.5 Å². The average Bonchev–Trinajstić information content (AvgIpc) is 1.97. The highest BCUT2D eigenvalue weighted by Crippen LogP contribution is 2.39. The van der Waals surface area contributed by atoms with Gasteiger partial charge in [-0.05, 0) is 42.9 Å². The van der Waals surface area contributed by atoms with Gasteiger partial charge in [0.25, 0.3) is 0 Å². The third-order valence-corrected chi connectivity index (χ3v) is 3.13. The van der Waals surface area contributed by atoms with Crippen molar-refractivity contribution in [3.63, 3.8) is 0 Å². The molecule has 0 aromatic heterocycles. The van der Waals surface area contributed by atoms with Crippen LogP contribution >= 0.6 is 0 Å². The number of halogens is 3. The van der Waals surface area contributed by atoms with Crippen molar-refractivity contribution in [3.05, 3.63) is 34.9 Å². The Morgan fingerprint density at radius 1 is 1.20 bits per heavy atom. The normalized spacial score (nSPS) is 17.6. The molecular weight excluding hydrogens is 201 g/mol. The quantitative estimate of drug-likeness (QED) is 0.654. The summed E-state index contributed by atoms with van der Waals surface area (Å²) in [6, 6.07) is 4.52. The Labute approximate surface area is 87.1 Å². The first-order valence-electron chi connectivity index (χ1n) is 5.16. The second kappa shape index (κ2) is 3.54. The maximum absolute atomic E-state index is 12.5. The van der Waals surface area contributed by atoms with Gasteiger partial charge >= 0.3 is 6.18 Å². The molecule has 15 heavy (non-hydrogen) atoms. The average molecular weight is 214 g/mol. The van der Waals surface area contributed by atoms with Gasteiger partial charge < -0.3 is 0 Å². The fraction of sp³-hybridized carbons (Fsp3) is 0.500. The summed E-state index contributed by atoms with van der Waals surface area (Å²) in [6.45, 7) is 1.53. The van der Waals surface area contributed by atoms with Crippen LogP contribution in [0.3, 0.4) is 0 Å². The summed E-state index contributed by atoms with van der Waals surface area (Å²) >= 11 is 0. The van der Waals surface area contributed by atoms with Crippen molar-refractivity contribution in [3.8, 4) is 0 Å². The third kappa shape index (κ3) is 2.01. The Hall–Kier alpha value is -0.990. The van der Waals surface area contributed by atoms with Crippen molar-refractivity contribution >= 4 is 0 Å². The monoisotopic (exact) mass is 214 g/mol. The Balaban J connectivity index is 2.30. The van der Waals surface area contributed by atoms with E-state index < -0.39 is 11.7 Å². The first kappa shape index (κ1) is 10.5. The highest BCUT2D eigenvalue weighted by molar-refractivity contribution is 5.35. The smallest absolute Gasteiger partial charge is 0.166 e. The van der Waals surface area contributed by atoms with Crippen LogP contribution in [0.5, 0.6) is 0 Å². The van der Waals surface area contributed by atoms with Crippen molar-refractivity contribution < 1.29 is 13.2 Å². The number of aryl methyl sites for hydroxylation is 1. The second-order valence-electron chi connectivity index (χ2n) is 4.20. The van der Waals surface area contributed by atoms with Gasteiger partial charge in [0, 0.05) is 0 Å². The lowest BCUT2D eigenvalue weighted by molar-refractivity contribution is -0.138. The molecule has 0 spiro atoms. The van der Waals surface area contributed by atoms with E-state index in [1.165, 1.54) is 19.4 Å². The van der Waals surface area contributed by atoms with E-state index in [2.05, 4.69) is 0 Å². The molecule has 0 nitrogen and oxygen atoms in total. The van der Waals surface area contributed by atoms with Crippen LogP contribution < -0.4 is 0 Å². The summed E-state index contributed by atoms with van der Waals surface area (Å²) in [5.74, 6) is 0.492.